The average molecular weight is 327 g/mol. The molecule has 0 radical (unpaired) electrons. The first-order chi connectivity index (χ1) is 10.2. The fourth-order valence-corrected chi connectivity index (χ4v) is 2.63. The minimum atomic E-state index is 0. The number of nitrogens with one attached hydrogen (secondary N) is 2. The second-order valence-electron chi connectivity index (χ2n) is 5.76. The zero-order chi connectivity index (χ0) is 15.1. The molecule has 0 spiro atoms. The van der Waals surface area contributed by atoms with Gasteiger partial charge in [0.2, 0.25) is 5.91 Å². The Morgan fingerprint density at radius 1 is 1.41 bits per heavy atom. The van der Waals surface area contributed by atoms with Crippen molar-refractivity contribution in [2.75, 3.05) is 18.5 Å². The number of para-hydroxylation sites is 2. The molecule has 5 heteroatoms. The monoisotopic (exact) mass is 326 g/mol. The molecule has 0 aliphatic carbocycles. The number of piperidine rings is 1. The molecule has 2 N–H and O–H groups in total. The fourth-order valence-electron chi connectivity index (χ4n) is 2.63. The molecule has 0 aromatic heterocycles. The van der Waals surface area contributed by atoms with E-state index in [1.807, 2.05) is 24.3 Å². The Morgan fingerprint density at radius 3 is 2.91 bits per heavy atom. The molecule has 1 aliphatic rings. The Labute approximate surface area is 139 Å². The lowest BCUT2D eigenvalue weighted by Gasteiger charge is -2.27. The molecule has 1 heterocycles. The number of halogens is 1. The molecule has 4 nitrogen and oxygen atoms in total. The van der Waals surface area contributed by atoms with Crippen LogP contribution in [0.2, 0.25) is 0 Å². The Balaban J connectivity index is 0.00000242. The van der Waals surface area contributed by atoms with Crippen LogP contribution in [-0.2, 0) is 4.79 Å². The van der Waals surface area contributed by atoms with Crippen molar-refractivity contribution in [2.24, 2.45) is 5.92 Å². The number of benzene rings is 1. The van der Waals surface area contributed by atoms with Gasteiger partial charge in [-0.3, -0.25) is 4.79 Å². The van der Waals surface area contributed by atoms with E-state index in [2.05, 4.69) is 24.5 Å². The van der Waals surface area contributed by atoms with Gasteiger partial charge in [0.05, 0.1) is 12.3 Å². The van der Waals surface area contributed by atoms with Gasteiger partial charge in [0.1, 0.15) is 5.75 Å². The first-order valence-electron chi connectivity index (χ1n) is 7.96. The van der Waals surface area contributed by atoms with Crippen molar-refractivity contribution in [1.29, 1.82) is 0 Å². The molecule has 0 unspecified atom stereocenters. The molecule has 1 fully saturated rings. The Bertz CT molecular complexity index is 468. The van der Waals surface area contributed by atoms with Gasteiger partial charge < -0.3 is 15.4 Å². The van der Waals surface area contributed by atoms with Crippen LogP contribution in [-0.4, -0.2) is 25.1 Å². The third-order valence-electron chi connectivity index (χ3n) is 3.89. The molecule has 1 aromatic carbocycles. The highest BCUT2D eigenvalue weighted by Crippen LogP contribution is 2.26. The molecular weight excluding hydrogens is 300 g/mol. The normalized spacial score (nSPS) is 20.8. The van der Waals surface area contributed by atoms with Crippen molar-refractivity contribution in [1.82, 2.24) is 5.32 Å². The van der Waals surface area contributed by atoms with Gasteiger partial charge in [-0.05, 0) is 44.9 Å². The van der Waals surface area contributed by atoms with Gasteiger partial charge in [0.25, 0.3) is 0 Å². The van der Waals surface area contributed by atoms with Gasteiger partial charge in [-0.1, -0.05) is 25.5 Å². The van der Waals surface area contributed by atoms with E-state index in [9.17, 15) is 4.79 Å². The number of carbonyl (C=O) groups excluding carboxylic acids is 1. The quantitative estimate of drug-likeness (QED) is 0.785. The second-order valence-corrected chi connectivity index (χ2v) is 5.76. The Morgan fingerprint density at radius 2 is 2.18 bits per heavy atom. The van der Waals surface area contributed by atoms with Crippen molar-refractivity contribution < 1.29 is 9.53 Å². The van der Waals surface area contributed by atoms with Crippen LogP contribution in [0, 0.1) is 5.92 Å². The van der Waals surface area contributed by atoms with Crippen molar-refractivity contribution >= 4 is 24.0 Å². The molecule has 22 heavy (non-hydrogen) atoms. The summed E-state index contributed by atoms with van der Waals surface area (Å²) in [5.41, 5.74) is 0.782. The summed E-state index contributed by atoms with van der Waals surface area (Å²) in [6, 6.07) is 8.09. The molecule has 1 aromatic rings. The van der Waals surface area contributed by atoms with Gasteiger partial charge >= 0.3 is 0 Å². The van der Waals surface area contributed by atoms with E-state index in [1.54, 1.807) is 0 Å². The molecule has 124 valence electrons. The average Bonchev–Trinajstić information content (AvgIpc) is 2.49. The SMILES string of the molecule is CCCCOc1ccccc1NC(=O)[C@H]1CCN[C@@H](C)C1.Cl. The van der Waals surface area contributed by atoms with E-state index < -0.39 is 0 Å². The maximum absolute atomic E-state index is 12.4. The summed E-state index contributed by atoms with van der Waals surface area (Å²) >= 11 is 0. The number of anilines is 1. The molecule has 1 amide bonds. The first-order valence-corrected chi connectivity index (χ1v) is 7.96. The van der Waals surface area contributed by atoms with E-state index in [4.69, 9.17) is 4.74 Å². The second kappa shape index (κ2) is 9.70. The molecule has 1 aliphatic heterocycles. The van der Waals surface area contributed by atoms with E-state index in [1.165, 1.54) is 0 Å². The van der Waals surface area contributed by atoms with Gasteiger partial charge in [-0.2, -0.15) is 0 Å². The Kier molecular flexibility index (Phi) is 8.28. The third-order valence-corrected chi connectivity index (χ3v) is 3.89. The van der Waals surface area contributed by atoms with E-state index in [0.29, 0.717) is 12.6 Å². The predicted molar refractivity (Wildman–Crippen MR) is 92.9 cm³/mol. The molecule has 1 saturated heterocycles. The highest BCUT2D eigenvalue weighted by atomic mass is 35.5. The van der Waals surface area contributed by atoms with Crippen LogP contribution in [0.4, 0.5) is 5.69 Å². The summed E-state index contributed by atoms with van der Waals surface area (Å²) in [6.07, 6.45) is 3.91. The van der Waals surface area contributed by atoms with Crippen molar-refractivity contribution in [3.05, 3.63) is 24.3 Å². The summed E-state index contributed by atoms with van der Waals surface area (Å²) in [5.74, 6) is 0.959. The maximum atomic E-state index is 12.4. The number of unbranched alkanes of at least 4 members (excludes halogenated alkanes) is 1. The molecule has 2 atom stereocenters. The highest BCUT2D eigenvalue weighted by molar-refractivity contribution is 5.94. The zero-order valence-corrected chi connectivity index (χ0v) is 14.2. The van der Waals surface area contributed by atoms with Crippen molar-refractivity contribution in [3.63, 3.8) is 0 Å². The van der Waals surface area contributed by atoms with E-state index >= 15 is 0 Å². The van der Waals surface area contributed by atoms with Crippen molar-refractivity contribution in [2.45, 2.75) is 45.6 Å². The molecule has 0 saturated carbocycles. The smallest absolute Gasteiger partial charge is 0.227 e. The fraction of sp³-hybridized carbons (Fsp3) is 0.588. The van der Waals surface area contributed by atoms with Crippen LogP contribution >= 0.6 is 12.4 Å². The number of hydrogen-bond donors (Lipinski definition) is 2. The number of rotatable bonds is 6. The molecular formula is C17H27ClN2O2. The third kappa shape index (κ3) is 5.50. The maximum Gasteiger partial charge on any atom is 0.227 e. The Hall–Kier alpha value is -1.26. The number of carbonyl (C=O) groups is 1. The lowest BCUT2D eigenvalue weighted by atomic mass is 9.92. The largest absolute Gasteiger partial charge is 0.491 e. The topological polar surface area (TPSA) is 50.4 Å². The number of ether oxygens (including phenoxy) is 1. The summed E-state index contributed by atoms with van der Waals surface area (Å²) in [6.45, 7) is 5.86. The summed E-state index contributed by atoms with van der Waals surface area (Å²) in [4.78, 5) is 12.4. The van der Waals surface area contributed by atoms with Crippen LogP contribution in [0.15, 0.2) is 24.3 Å². The lowest BCUT2D eigenvalue weighted by Crippen LogP contribution is -2.40. The number of hydrogen-bond acceptors (Lipinski definition) is 3. The minimum Gasteiger partial charge on any atom is -0.491 e. The molecule has 2 rings (SSSR count). The van der Waals surface area contributed by atoms with Gasteiger partial charge in [-0.25, -0.2) is 0 Å². The van der Waals surface area contributed by atoms with E-state index in [-0.39, 0.29) is 24.2 Å². The summed E-state index contributed by atoms with van der Waals surface area (Å²) in [7, 11) is 0. The standard InChI is InChI=1S/C17H26N2O2.ClH/c1-3-4-11-21-16-8-6-5-7-15(16)19-17(20)14-9-10-18-13(2)12-14;/h5-8,13-14,18H,3-4,9-12H2,1-2H3,(H,19,20);1H/t13-,14-;/m0./s1. The predicted octanol–water partition coefficient (Wildman–Crippen LogP) is 3.61. The first kappa shape index (κ1) is 18.8. The van der Waals surface area contributed by atoms with Crippen LogP contribution in [0.1, 0.15) is 39.5 Å². The number of amides is 1. The van der Waals surface area contributed by atoms with E-state index in [0.717, 1.165) is 43.7 Å². The summed E-state index contributed by atoms with van der Waals surface area (Å²) in [5, 5.41) is 6.41. The highest BCUT2D eigenvalue weighted by Gasteiger charge is 2.25. The van der Waals surface area contributed by atoms with Gasteiger partial charge in [0, 0.05) is 12.0 Å². The van der Waals surface area contributed by atoms with Crippen LogP contribution in [0.5, 0.6) is 5.75 Å². The van der Waals surface area contributed by atoms with Gasteiger partial charge in [-0.15, -0.1) is 12.4 Å². The van der Waals surface area contributed by atoms with Crippen molar-refractivity contribution in [3.8, 4) is 5.75 Å². The van der Waals surface area contributed by atoms with Gasteiger partial charge in [0.15, 0.2) is 0 Å². The molecule has 0 bridgehead atoms. The zero-order valence-electron chi connectivity index (χ0n) is 13.4. The van der Waals surface area contributed by atoms with Crippen LogP contribution < -0.4 is 15.4 Å². The summed E-state index contributed by atoms with van der Waals surface area (Å²) < 4.78 is 5.76. The lowest BCUT2D eigenvalue weighted by molar-refractivity contribution is -0.120. The van der Waals surface area contributed by atoms with Crippen LogP contribution in [0.25, 0.3) is 0 Å². The minimum absolute atomic E-state index is 0. The van der Waals surface area contributed by atoms with Crippen LogP contribution in [0.3, 0.4) is 0 Å².